The van der Waals surface area contributed by atoms with E-state index < -0.39 is 24.3 Å². The number of alkyl halides is 1. The fourth-order valence-corrected chi connectivity index (χ4v) is 1.50. The second kappa shape index (κ2) is 17.3. The van der Waals surface area contributed by atoms with Gasteiger partial charge in [0.1, 0.15) is 11.4 Å². The summed E-state index contributed by atoms with van der Waals surface area (Å²) in [6.07, 6.45) is -0.178. The van der Waals surface area contributed by atoms with Crippen molar-refractivity contribution in [3.8, 4) is 0 Å². The Balaban J connectivity index is 0. The van der Waals surface area contributed by atoms with Crippen molar-refractivity contribution in [3.05, 3.63) is 35.9 Å². The van der Waals surface area contributed by atoms with Crippen LogP contribution in [-0.4, -0.2) is 42.6 Å². The van der Waals surface area contributed by atoms with Crippen LogP contribution in [0.3, 0.4) is 0 Å². The van der Waals surface area contributed by atoms with E-state index in [1.54, 1.807) is 0 Å². The number of benzene rings is 1. The van der Waals surface area contributed by atoms with E-state index in [2.05, 4.69) is 15.9 Å². The van der Waals surface area contributed by atoms with E-state index in [0.717, 1.165) is 18.8 Å². The normalized spacial score (nSPS) is 10.3. The maximum Gasteiger partial charge on any atom is 0.762 e. The third-order valence-electron chi connectivity index (χ3n) is 2.26. The predicted octanol–water partition coefficient (Wildman–Crippen LogP) is 3.89. The van der Waals surface area contributed by atoms with Gasteiger partial charge in [0.15, 0.2) is 0 Å². The van der Waals surface area contributed by atoms with Crippen LogP contribution in [0.1, 0.15) is 25.8 Å². The molecule has 1 aromatic carbocycles. The molecule has 10 heteroatoms. The topological polar surface area (TPSA) is 72.8 Å². The molecule has 1 rings (SSSR count). The number of carbonyl (C=O) groups excluding carboxylic acids is 1. The van der Waals surface area contributed by atoms with Crippen molar-refractivity contribution in [3.63, 3.8) is 0 Å². The quantitative estimate of drug-likeness (QED) is 0.405. The highest BCUT2D eigenvalue weighted by molar-refractivity contribution is 9.10. The predicted molar refractivity (Wildman–Crippen MR) is 92.5 cm³/mol. The number of hydrogen-bond acceptors (Lipinski definition) is 4. The Morgan fingerprint density at radius 3 is 2.00 bits per heavy atom. The minimum Gasteiger partial charge on any atom is -0.480 e. The van der Waals surface area contributed by atoms with Crippen molar-refractivity contribution >= 4 is 35.4 Å². The lowest BCUT2D eigenvalue weighted by Crippen LogP contribution is -2.18. The van der Waals surface area contributed by atoms with E-state index >= 15 is 0 Å². The maximum atomic E-state index is 11.2. The number of carboxylic acids is 1. The van der Waals surface area contributed by atoms with Crippen LogP contribution in [0.15, 0.2) is 30.3 Å². The van der Waals surface area contributed by atoms with Crippen LogP contribution < -0.4 is 0 Å². The number of ether oxygens (including phenoxy) is 2. The highest BCUT2D eigenvalue weighted by Gasteiger charge is 2.18. The molecule has 0 bridgehead atoms. The standard InChI is InChI=1S/C11H11BrO4.C4H10O.BF3/c12-9(11(14)15)6-10(13)16-7-8-4-2-1-3-5-8;1-3-5-4-2;2-1(3)4/h1-5,9H,6-7H2,(H,14,15);3-4H2,1-2H3;. The summed E-state index contributed by atoms with van der Waals surface area (Å²) in [5.74, 6) is -1.61. The van der Waals surface area contributed by atoms with Crippen molar-refractivity contribution in [1.29, 1.82) is 0 Å². The third-order valence-corrected chi connectivity index (χ3v) is 2.98. The van der Waals surface area contributed by atoms with Gasteiger partial charge in [0.05, 0.1) is 6.42 Å². The van der Waals surface area contributed by atoms with Crippen molar-refractivity contribution in [1.82, 2.24) is 0 Å². The van der Waals surface area contributed by atoms with E-state index in [1.165, 1.54) is 0 Å². The highest BCUT2D eigenvalue weighted by Crippen LogP contribution is 2.08. The SMILES string of the molecule is CCOCC.FB(F)F.O=C(CC(Br)C(=O)O)OCc1ccccc1. The molecule has 1 aromatic rings. The first kappa shape index (κ1) is 25.7. The van der Waals surface area contributed by atoms with Crippen LogP contribution in [0.4, 0.5) is 12.9 Å². The monoisotopic (exact) mass is 428 g/mol. The number of carboxylic acid groups (broad SMARTS) is 1. The van der Waals surface area contributed by atoms with Crippen LogP contribution >= 0.6 is 15.9 Å². The first-order valence-corrected chi connectivity index (χ1v) is 8.22. The highest BCUT2D eigenvalue weighted by atomic mass is 79.9. The molecule has 0 heterocycles. The molecule has 142 valence electrons. The molecule has 0 aliphatic carbocycles. The summed E-state index contributed by atoms with van der Waals surface area (Å²) in [5.41, 5.74) is 0.872. The first-order valence-electron chi connectivity index (χ1n) is 7.30. The summed E-state index contributed by atoms with van der Waals surface area (Å²) in [6, 6.07) is 9.21. The minimum atomic E-state index is -3.67. The zero-order valence-electron chi connectivity index (χ0n) is 14.0. The zero-order chi connectivity index (χ0) is 19.7. The molecule has 0 fully saturated rings. The summed E-state index contributed by atoms with van der Waals surface area (Å²) >= 11 is 2.87. The molecule has 25 heavy (non-hydrogen) atoms. The molecule has 0 saturated carbocycles. The summed E-state index contributed by atoms with van der Waals surface area (Å²) in [6.45, 7) is 5.83. The van der Waals surface area contributed by atoms with Gasteiger partial charge in [0, 0.05) is 13.2 Å². The Hall–Kier alpha value is -1.55. The van der Waals surface area contributed by atoms with E-state index in [9.17, 15) is 22.5 Å². The number of hydrogen-bond donors (Lipinski definition) is 1. The van der Waals surface area contributed by atoms with Gasteiger partial charge in [0.25, 0.3) is 0 Å². The van der Waals surface area contributed by atoms with Gasteiger partial charge in [-0.25, -0.2) is 0 Å². The van der Waals surface area contributed by atoms with E-state index in [1.807, 2.05) is 44.2 Å². The van der Waals surface area contributed by atoms with Crippen LogP contribution in [0, 0.1) is 0 Å². The average Bonchev–Trinajstić information content (AvgIpc) is 2.54. The fraction of sp³-hybridized carbons (Fsp3) is 0.467. The van der Waals surface area contributed by atoms with Gasteiger partial charge in [-0.15, -0.1) is 0 Å². The molecule has 1 N–H and O–H groups in total. The number of rotatable bonds is 7. The van der Waals surface area contributed by atoms with Gasteiger partial charge in [-0.2, -0.15) is 0 Å². The Morgan fingerprint density at radius 2 is 1.64 bits per heavy atom. The molecular weight excluding hydrogens is 408 g/mol. The molecule has 0 aromatic heterocycles. The third kappa shape index (κ3) is 20.4. The summed E-state index contributed by atoms with van der Waals surface area (Å²) in [5, 5.41) is 8.56. The molecule has 1 unspecified atom stereocenters. The second-order valence-electron chi connectivity index (χ2n) is 4.19. The van der Waals surface area contributed by atoms with Crippen molar-refractivity contribution in [2.24, 2.45) is 0 Å². The molecule has 0 saturated heterocycles. The van der Waals surface area contributed by atoms with Gasteiger partial charge in [-0.3, -0.25) is 22.5 Å². The Morgan fingerprint density at radius 1 is 1.16 bits per heavy atom. The fourth-order valence-electron chi connectivity index (χ4n) is 1.23. The zero-order valence-corrected chi connectivity index (χ0v) is 15.5. The van der Waals surface area contributed by atoms with Crippen molar-refractivity contribution in [2.45, 2.75) is 31.7 Å². The minimum absolute atomic E-state index is 0.166. The van der Waals surface area contributed by atoms with Crippen LogP contribution in [0.2, 0.25) is 0 Å². The van der Waals surface area contributed by atoms with Gasteiger partial charge in [-0.05, 0) is 19.4 Å². The molecule has 0 aliphatic rings. The van der Waals surface area contributed by atoms with E-state index in [4.69, 9.17) is 14.6 Å². The molecule has 0 aliphatic heterocycles. The molecule has 0 amide bonds. The summed E-state index contributed by atoms with van der Waals surface area (Å²) in [7, 11) is -3.67. The molecular formula is C15H21BBrF3O5. The average molecular weight is 429 g/mol. The lowest BCUT2D eigenvalue weighted by Gasteiger charge is -2.06. The van der Waals surface area contributed by atoms with E-state index in [-0.39, 0.29) is 13.0 Å². The van der Waals surface area contributed by atoms with Gasteiger partial charge in [-0.1, -0.05) is 46.3 Å². The lowest BCUT2D eigenvalue weighted by molar-refractivity contribution is -0.148. The molecule has 0 spiro atoms. The van der Waals surface area contributed by atoms with Crippen LogP contribution in [-0.2, 0) is 25.7 Å². The Kier molecular flexibility index (Phi) is 17.8. The van der Waals surface area contributed by atoms with Crippen LogP contribution in [0.5, 0.6) is 0 Å². The van der Waals surface area contributed by atoms with Gasteiger partial charge in [0.2, 0.25) is 0 Å². The number of esters is 1. The van der Waals surface area contributed by atoms with Crippen molar-refractivity contribution in [2.75, 3.05) is 13.2 Å². The smallest absolute Gasteiger partial charge is 0.480 e. The first-order chi connectivity index (χ1) is 11.7. The number of aliphatic carboxylic acids is 1. The van der Waals surface area contributed by atoms with E-state index in [0.29, 0.717) is 0 Å². The van der Waals surface area contributed by atoms with Crippen molar-refractivity contribution < 1.29 is 37.1 Å². The summed E-state index contributed by atoms with van der Waals surface area (Å²) in [4.78, 5) is 20.8. The Labute approximate surface area is 153 Å². The van der Waals surface area contributed by atoms with Gasteiger partial charge < -0.3 is 14.6 Å². The van der Waals surface area contributed by atoms with Gasteiger partial charge >= 0.3 is 19.5 Å². The number of halogens is 4. The molecule has 5 nitrogen and oxygen atoms in total. The Bertz CT molecular complexity index is 461. The maximum absolute atomic E-state index is 11.2. The summed E-state index contributed by atoms with van der Waals surface area (Å²) < 4.78 is 38.7. The lowest BCUT2D eigenvalue weighted by atomic mass is 10.2. The molecule has 1 atom stereocenters. The molecule has 0 radical (unpaired) electrons. The number of carbonyl (C=O) groups is 2. The second-order valence-corrected chi connectivity index (χ2v) is 5.29. The largest absolute Gasteiger partial charge is 0.762 e. The van der Waals surface area contributed by atoms with Crippen LogP contribution in [0.25, 0.3) is 0 Å².